The highest BCUT2D eigenvalue weighted by Gasteiger charge is 2.03. The molecule has 0 aliphatic heterocycles. The molecule has 1 aromatic carbocycles. The van der Waals surface area contributed by atoms with Crippen LogP contribution in [0.2, 0.25) is 0 Å². The average molecular weight is 176 g/mol. The molecular weight excluding hydrogens is 168 g/mol. The minimum atomic E-state index is 0.107. The molecule has 0 saturated heterocycles. The Morgan fingerprint density at radius 1 is 1.23 bits per heavy atom. The molecule has 1 heterocycles. The van der Waals surface area contributed by atoms with Crippen molar-refractivity contribution in [3.63, 3.8) is 0 Å². The van der Waals surface area contributed by atoms with Crippen molar-refractivity contribution in [3.8, 4) is 17.2 Å². The Bertz CT molecular complexity index is 410. The van der Waals surface area contributed by atoms with Crippen LogP contribution in [-0.4, -0.2) is 19.8 Å². The first-order valence-corrected chi connectivity index (χ1v) is 3.77. The van der Waals surface area contributed by atoms with Gasteiger partial charge in [-0.05, 0) is 12.1 Å². The van der Waals surface area contributed by atoms with Gasteiger partial charge in [0.2, 0.25) is 0 Å². The van der Waals surface area contributed by atoms with Crippen LogP contribution in [0.5, 0.6) is 11.5 Å². The fourth-order valence-electron chi connectivity index (χ4n) is 1.12. The highest BCUT2D eigenvalue weighted by atomic mass is 16.3. The number of phenols is 2. The fraction of sp³-hybridized carbons (Fsp3) is 0. The van der Waals surface area contributed by atoms with Gasteiger partial charge in [0.25, 0.3) is 0 Å². The normalized spacial score (nSPS) is 10.2. The van der Waals surface area contributed by atoms with Crippen molar-refractivity contribution in [3.05, 3.63) is 36.9 Å². The van der Waals surface area contributed by atoms with E-state index < -0.39 is 0 Å². The Morgan fingerprint density at radius 3 is 2.77 bits per heavy atom. The van der Waals surface area contributed by atoms with E-state index in [0.717, 1.165) is 0 Å². The summed E-state index contributed by atoms with van der Waals surface area (Å²) in [5, 5.41) is 18.6. The third-order valence-electron chi connectivity index (χ3n) is 1.74. The Hall–Kier alpha value is -1.97. The molecule has 0 radical (unpaired) electrons. The van der Waals surface area contributed by atoms with E-state index in [-0.39, 0.29) is 11.5 Å². The molecule has 0 spiro atoms. The molecule has 13 heavy (non-hydrogen) atoms. The van der Waals surface area contributed by atoms with Gasteiger partial charge in [-0.2, -0.15) is 0 Å². The molecule has 1 aromatic heterocycles. The second-order valence-corrected chi connectivity index (χ2v) is 2.64. The highest BCUT2D eigenvalue weighted by Crippen LogP contribution is 2.25. The van der Waals surface area contributed by atoms with Crippen LogP contribution in [0.15, 0.2) is 36.9 Å². The third-order valence-corrected chi connectivity index (χ3v) is 1.74. The van der Waals surface area contributed by atoms with E-state index in [4.69, 9.17) is 0 Å². The number of phenolic OH excluding ortho intramolecular Hbond substituents is 2. The number of aromatic hydroxyl groups is 2. The predicted molar refractivity (Wildman–Crippen MR) is 46.9 cm³/mol. The smallest absolute Gasteiger partial charge is 0.139 e. The second-order valence-electron chi connectivity index (χ2n) is 2.64. The molecule has 0 saturated carbocycles. The third kappa shape index (κ3) is 1.33. The van der Waals surface area contributed by atoms with Gasteiger partial charge >= 0.3 is 0 Å². The predicted octanol–water partition coefficient (Wildman–Crippen LogP) is 1.28. The van der Waals surface area contributed by atoms with Crippen molar-refractivity contribution in [1.82, 2.24) is 9.55 Å². The molecule has 4 nitrogen and oxygen atoms in total. The van der Waals surface area contributed by atoms with Crippen LogP contribution in [0.25, 0.3) is 5.69 Å². The molecule has 0 atom stereocenters. The number of aromatic nitrogens is 2. The van der Waals surface area contributed by atoms with E-state index in [1.165, 1.54) is 18.2 Å². The van der Waals surface area contributed by atoms with Crippen molar-refractivity contribution in [1.29, 1.82) is 0 Å². The first-order valence-electron chi connectivity index (χ1n) is 3.77. The monoisotopic (exact) mass is 176 g/mol. The molecule has 2 aromatic rings. The van der Waals surface area contributed by atoms with Crippen LogP contribution >= 0.6 is 0 Å². The van der Waals surface area contributed by atoms with Gasteiger partial charge in [-0.3, -0.25) is 0 Å². The van der Waals surface area contributed by atoms with Crippen LogP contribution in [0.1, 0.15) is 0 Å². The number of rotatable bonds is 1. The van der Waals surface area contributed by atoms with Gasteiger partial charge in [0.05, 0.1) is 12.0 Å². The van der Waals surface area contributed by atoms with E-state index in [1.807, 2.05) is 0 Å². The van der Waals surface area contributed by atoms with E-state index in [9.17, 15) is 10.2 Å². The summed E-state index contributed by atoms with van der Waals surface area (Å²) in [4.78, 5) is 3.84. The van der Waals surface area contributed by atoms with Gasteiger partial charge in [0.1, 0.15) is 11.5 Å². The zero-order valence-corrected chi connectivity index (χ0v) is 6.75. The number of imidazole rings is 1. The van der Waals surface area contributed by atoms with Gasteiger partial charge < -0.3 is 14.8 Å². The SMILES string of the molecule is Oc1ccc(O)c(-n2ccnc2)c1. The zero-order chi connectivity index (χ0) is 9.26. The average Bonchev–Trinajstić information content (AvgIpc) is 2.61. The molecule has 4 heteroatoms. The molecule has 66 valence electrons. The van der Waals surface area contributed by atoms with Crippen molar-refractivity contribution in [2.24, 2.45) is 0 Å². The summed E-state index contributed by atoms with van der Waals surface area (Å²) in [5.41, 5.74) is 0.512. The molecule has 0 aliphatic carbocycles. The summed E-state index contributed by atoms with van der Waals surface area (Å²) < 4.78 is 1.62. The minimum absolute atomic E-state index is 0.107. The Kier molecular flexibility index (Phi) is 1.66. The maximum absolute atomic E-state index is 9.45. The van der Waals surface area contributed by atoms with Gasteiger partial charge in [0.15, 0.2) is 0 Å². The maximum Gasteiger partial charge on any atom is 0.139 e. The van der Waals surface area contributed by atoms with Gasteiger partial charge in [0, 0.05) is 18.5 Å². The molecule has 0 fully saturated rings. The molecule has 0 unspecified atom stereocenters. The van der Waals surface area contributed by atoms with Crippen molar-refractivity contribution < 1.29 is 10.2 Å². The fourth-order valence-corrected chi connectivity index (χ4v) is 1.12. The topological polar surface area (TPSA) is 58.3 Å². The lowest BCUT2D eigenvalue weighted by molar-refractivity contribution is 0.458. The summed E-state index contributed by atoms with van der Waals surface area (Å²) in [6.07, 6.45) is 4.84. The Balaban J connectivity index is 2.57. The molecule has 0 amide bonds. The van der Waals surface area contributed by atoms with Crippen LogP contribution < -0.4 is 0 Å². The summed E-state index contributed by atoms with van der Waals surface area (Å²) in [6, 6.07) is 4.33. The highest BCUT2D eigenvalue weighted by molar-refractivity contribution is 5.49. The molecule has 2 rings (SSSR count). The zero-order valence-electron chi connectivity index (χ0n) is 6.75. The lowest BCUT2D eigenvalue weighted by Gasteiger charge is -2.04. The molecule has 0 aliphatic rings. The van der Waals surface area contributed by atoms with Crippen molar-refractivity contribution in [2.45, 2.75) is 0 Å². The summed E-state index contributed by atoms with van der Waals surface area (Å²) in [5.74, 6) is 0.220. The Morgan fingerprint density at radius 2 is 2.08 bits per heavy atom. The van der Waals surface area contributed by atoms with Crippen LogP contribution in [0.3, 0.4) is 0 Å². The van der Waals surface area contributed by atoms with E-state index >= 15 is 0 Å². The van der Waals surface area contributed by atoms with Gasteiger partial charge in [-0.1, -0.05) is 0 Å². The van der Waals surface area contributed by atoms with Crippen molar-refractivity contribution in [2.75, 3.05) is 0 Å². The first-order chi connectivity index (χ1) is 6.27. The summed E-state index contributed by atoms with van der Waals surface area (Å²) >= 11 is 0. The van der Waals surface area contributed by atoms with Crippen LogP contribution in [0, 0.1) is 0 Å². The summed E-state index contributed by atoms with van der Waals surface area (Å²) in [6.45, 7) is 0. The Labute approximate surface area is 74.7 Å². The number of hydrogen-bond acceptors (Lipinski definition) is 3. The number of nitrogens with zero attached hydrogens (tertiary/aromatic N) is 2. The standard InChI is InChI=1S/C9H8N2O2/c12-7-1-2-9(13)8(5-7)11-4-3-10-6-11/h1-6,12-13H. The molecule has 0 bridgehead atoms. The van der Waals surface area contributed by atoms with Gasteiger partial charge in [-0.15, -0.1) is 0 Å². The van der Waals surface area contributed by atoms with Gasteiger partial charge in [-0.25, -0.2) is 4.98 Å². The quantitative estimate of drug-likeness (QED) is 0.643. The first kappa shape index (κ1) is 7.67. The lowest BCUT2D eigenvalue weighted by atomic mass is 10.3. The number of benzene rings is 1. The largest absolute Gasteiger partial charge is 0.508 e. The molecular formula is C9H8N2O2. The van der Waals surface area contributed by atoms with E-state index in [2.05, 4.69) is 4.98 Å². The second kappa shape index (κ2) is 2.82. The van der Waals surface area contributed by atoms with Crippen molar-refractivity contribution >= 4 is 0 Å². The molecule has 2 N–H and O–H groups in total. The summed E-state index contributed by atoms with van der Waals surface area (Å²) in [7, 11) is 0. The van der Waals surface area contributed by atoms with Crippen LogP contribution in [0.4, 0.5) is 0 Å². The lowest BCUT2D eigenvalue weighted by Crippen LogP contribution is -1.89. The van der Waals surface area contributed by atoms with E-state index in [1.54, 1.807) is 23.3 Å². The number of hydrogen-bond donors (Lipinski definition) is 2. The van der Waals surface area contributed by atoms with E-state index in [0.29, 0.717) is 5.69 Å². The minimum Gasteiger partial charge on any atom is -0.508 e. The van der Waals surface area contributed by atoms with Crippen LogP contribution in [-0.2, 0) is 0 Å². The maximum atomic E-state index is 9.45.